The quantitative estimate of drug-likeness (QED) is 0.453. The summed E-state index contributed by atoms with van der Waals surface area (Å²) in [4.78, 5) is 11.6. The van der Waals surface area contributed by atoms with Crippen molar-refractivity contribution in [3.05, 3.63) is 46.8 Å². The molecule has 0 aliphatic carbocycles. The van der Waals surface area contributed by atoms with Gasteiger partial charge in [-0.25, -0.2) is 0 Å². The molecular formula is C25H34N4O4. The van der Waals surface area contributed by atoms with E-state index < -0.39 is 6.10 Å². The molecule has 0 bridgehead atoms. The molecule has 0 saturated carbocycles. The van der Waals surface area contributed by atoms with Crippen molar-refractivity contribution in [3.63, 3.8) is 0 Å². The molecule has 2 heterocycles. The van der Waals surface area contributed by atoms with Gasteiger partial charge in [-0.15, -0.1) is 0 Å². The molecule has 2 N–H and O–H groups in total. The number of rotatable bonds is 11. The first-order chi connectivity index (χ1) is 15.9. The maximum Gasteiger partial charge on any atom is 0.258 e. The fourth-order valence-electron chi connectivity index (χ4n) is 3.75. The van der Waals surface area contributed by atoms with Crippen molar-refractivity contribution in [2.45, 2.75) is 53.7 Å². The van der Waals surface area contributed by atoms with Gasteiger partial charge in [-0.3, -0.25) is 9.88 Å². The summed E-state index contributed by atoms with van der Waals surface area (Å²) in [6.07, 6.45) is -0.175. The Hall–Kier alpha value is -2.81. The Morgan fingerprint density at radius 2 is 1.79 bits per heavy atom. The molecule has 33 heavy (non-hydrogen) atoms. The molecule has 8 heteroatoms. The summed E-state index contributed by atoms with van der Waals surface area (Å²) in [6, 6.07) is 7.88. The molecule has 0 unspecified atom stereocenters. The molecule has 0 aliphatic rings. The third-order valence-electron chi connectivity index (χ3n) is 5.58. The van der Waals surface area contributed by atoms with Crippen LogP contribution in [0.1, 0.15) is 43.3 Å². The molecule has 0 spiro atoms. The Balaban J connectivity index is 1.88. The first kappa shape index (κ1) is 24.8. The lowest BCUT2D eigenvalue weighted by atomic mass is 10.0. The van der Waals surface area contributed by atoms with E-state index in [1.165, 1.54) is 0 Å². The number of hydrogen-bond acceptors (Lipinski definition) is 8. The number of aliphatic hydroxyl groups excluding tert-OH is 2. The van der Waals surface area contributed by atoms with E-state index in [0.29, 0.717) is 17.5 Å². The molecule has 0 fully saturated rings. The Bertz CT molecular complexity index is 1060. The summed E-state index contributed by atoms with van der Waals surface area (Å²) in [7, 11) is 0. The number of nitrogens with zero attached hydrogens (tertiary/aromatic N) is 4. The zero-order valence-electron chi connectivity index (χ0n) is 20.1. The average molecular weight is 455 g/mol. The van der Waals surface area contributed by atoms with E-state index in [-0.39, 0.29) is 13.2 Å². The van der Waals surface area contributed by atoms with Crippen molar-refractivity contribution in [2.75, 3.05) is 26.3 Å². The van der Waals surface area contributed by atoms with Gasteiger partial charge >= 0.3 is 0 Å². The number of hydrogen-bond donors (Lipinski definition) is 2. The molecule has 0 aliphatic heterocycles. The van der Waals surface area contributed by atoms with E-state index in [2.05, 4.69) is 33.9 Å². The number of benzene rings is 1. The molecule has 3 aromatic rings. The zero-order valence-corrected chi connectivity index (χ0v) is 20.1. The van der Waals surface area contributed by atoms with E-state index >= 15 is 0 Å². The SMILES string of the molecule is CCc1cc(-c2noc(-c3cc(C)nc(CN(CC)CC)c3)n2)cc(C)c1OC[C@@H](O)CO. The topological polar surface area (TPSA) is 105 Å². The third-order valence-corrected chi connectivity index (χ3v) is 5.58. The number of ether oxygens (including phenoxy) is 1. The predicted octanol–water partition coefficient (Wildman–Crippen LogP) is 3.55. The second-order valence-corrected chi connectivity index (χ2v) is 8.16. The minimum Gasteiger partial charge on any atom is -0.490 e. The minimum atomic E-state index is -0.913. The van der Waals surface area contributed by atoms with Crippen molar-refractivity contribution in [2.24, 2.45) is 0 Å². The van der Waals surface area contributed by atoms with Crippen molar-refractivity contribution in [3.8, 4) is 28.6 Å². The van der Waals surface area contributed by atoms with Gasteiger partial charge in [0, 0.05) is 23.4 Å². The Morgan fingerprint density at radius 3 is 2.45 bits per heavy atom. The monoisotopic (exact) mass is 454 g/mol. The highest BCUT2D eigenvalue weighted by Gasteiger charge is 2.17. The van der Waals surface area contributed by atoms with E-state index in [0.717, 1.165) is 59.7 Å². The van der Waals surface area contributed by atoms with Crippen molar-refractivity contribution < 1.29 is 19.5 Å². The zero-order chi connectivity index (χ0) is 24.0. The highest BCUT2D eigenvalue weighted by Crippen LogP contribution is 2.31. The minimum absolute atomic E-state index is 0.0350. The summed E-state index contributed by atoms with van der Waals surface area (Å²) in [5, 5.41) is 22.9. The molecule has 1 atom stereocenters. The summed E-state index contributed by atoms with van der Waals surface area (Å²) < 4.78 is 11.4. The maximum atomic E-state index is 9.62. The molecule has 1 aromatic carbocycles. The molecule has 178 valence electrons. The van der Waals surface area contributed by atoms with Gasteiger partial charge in [0.1, 0.15) is 18.5 Å². The molecular weight excluding hydrogens is 420 g/mol. The van der Waals surface area contributed by atoms with Crippen molar-refractivity contribution in [1.29, 1.82) is 0 Å². The van der Waals surface area contributed by atoms with Crippen LogP contribution in [0, 0.1) is 13.8 Å². The predicted molar refractivity (Wildman–Crippen MR) is 127 cm³/mol. The lowest BCUT2D eigenvalue weighted by molar-refractivity contribution is 0.0531. The summed E-state index contributed by atoms with van der Waals surface area (Å²) >= 11 is 0. The second-order valence-electron chi connectivity index (χ2n) is 8.16. The van der Waals surface area contributed by atoms with Crippen LogP contribution in [0.15, 0.2) is 28.8 Å². The van der Waals surface area contributed by atoms with Gasteiger partial charge < -0.3 is 19.5 Å². The lowest BCUT2D eigenvalue weighted by Gasteiger charge is -2.17. The van der Waals surface area contributed by atoms with Crippen LogP contribution in [0.2, 0.25) is 0 Å². The molecule has 0 radical (unpaired) electrons. The Labute approximate surface area is 195 Å². The third kappa shape index (κ3) is 6.16. The summed E-state index contributed by atoms with van der Waals surface area (Å²) in [6.45, 7) is 12.6. The molecule has 3 rings (SSSR count). The number of aryl methyl sites for hydroxylation is 3. The largest absolute Gasteiger partial charge is 0.490 e. The van der Waals surface area contributed by atoms with Crippen LogP contribution in [0.5, 0.6) is 5.75 Å². The molecule has 8 nitrogen and oxygen atoms in total. The smallest absolute Gasteiger partial charge is 0.258 e. The highest BCUT2D eigenvalue weighted by atomic mass is 16.5. The van der Waals surface area contributed by atoms with E-state index in [1.807, 2.05) is 45.0 Å². The first-order valence-electron chi connectivity index (χ1n) is 11.5. The van der Waals surface area contributed by atoms with Gasteiger partial charge in [-0.05, 0) is 68.8 Å². The van der Waals surface area contributed by atoms with Crippen LogP contribution in [0.3, 0.4) is 0 Å². The van der Waals surface area contributed by atoms with Gasteiger partial charge in [0.25, 0.3) is 5.89 Å². The molecule has 0 amide bonds. The first-order valence-corrected chi connectivity index (χ1v) is 11.5. The fourth-order valence-corrected chi connectivity index (χ4v) is 3.75. The fraction of sp³-hybridized carbons (Fsp3) is 0.480. The lowest BCUT2D eigenvalue weighted by Crippen LogP contribution is -2.22. The van der Waals surface area contributed by atoms with Crippen LogP contribution in [-0.2, 0) is 13.0 Å². The van der Waals surface area contributed by atoms with Gasteiger partial charge in [-0.1, -0.05) is 25.9 Å². The standard InChI is InChI=1S/C25H34N4O4/c1-6-18-11-19(9-16(4)23(18)32-15-22(31)14-30)24-27-25(33-28-24)20-10-17(5)26-21(12-20)13-29(7-2)8-3/h9-12,22,30-31H,6-8,13-15H2,1-5H3/t22-/m0/s1. The van der Waals surface area contributed by atoms with E-state index in [4.69, 9.17) is 14.4 Å². The normalized spacial score (nSPS) is 12.4. The summed E-state index contributed by atoms with van der Waals surface area (Å²) in [5.41, 5.74) is 5.46. The maximum absolute atomic E-state index is 9.62. The van der Waals surface area contributed by atoms with Crippen LogP contribution in [0.25, 0.3) is 22.8 Å². The summed E-state index contributed by atoms with van der Waals surface area (Å²) in [5.74, 6) is 1.67. The van der Waals surface area contributed by atoms with Crippen LogP contribution in [-0.4, -0.2) is 62.6 Å². The van der Waals surface area contributed by atoms with Crippen molar-refractivity contribution >= 4 is 0 Å². The highest BCUT2D eigenvalue weighted by molar-refractivity contribution is 5.64. The number of aliphatic hydroxyl groups is 2. The van der Waals surface area contributed by atoms with Crippen LogP contribution in [0.4, 0.5) is 0 Å². The number of aromatic nitrogens is 3. The van der Waals surface area contributed by atoms with E-state index in [1.54, 1.807) is 0 Å². The average Bonchev–Trinajstić information content (AvgIpc) is 3.31. The molecule has 2 aromatic heterocycles. The van der Waals surface area contributed by atoms with Crippen molar-refractivity contribution in [1.82, 2.24) is 20.0 Å². The Kier molecular flexibility index (Phi) is 8.55. The Morgan fingerprint density at radius 1 is 1.03 bits per heavy atom. The number of pyridine rings is 1. The van der Waals surface area contributed by atoms with Gasteiger partial charge in [0.2, 0.25) is 5.82 Å². The van der Waals surface area contributed by atoms with Crippen LogP contribution >= 0.6 is 0 Å². The second kappa shape index (κ2) is 11.4. The van der Waals surface area contributed by atoms with Gasteiger partial charge in [0.05, 0.1) is 12.3 Å². The van der Waals surface area contributed by atoms with Gasteiger partial charge in [-0.2, -0.15) is 4.98 Å². The van der Waals surface area contributed by atoms with Crippen LogP contribution < -0.4 is 4.74 Å². The molecule has 0 saturated heterocycles. The van der Waals surface area contributed by atoms with Gasteiger partial charge in [0.15, 0.2) is 0 Å². The van der Waals surface area contributed by atoms with E-state index in [9.17, 15) is 5.11 Å².